The molecule has 0 radical (unpaired) electrons. The lowest BCUT2D eigenvalue weighted by atomic mass is 10.0. The van der Waals surface area contributed by atoms with Gasteiger partial charge < -0.3 is 14.8 Å². The normalized spacial score (nSPS) is 13.0. The topological polar surface area (TPSA) is 104 Å². The highest BCUT2D eigenvalue weighted by atomic mass is 19.1. The summed E-state index contributed by atoms with van der Waals surface area (Å²) in [4.78, 5) is 49.6. The molecule has 0 saturated heterocycles. The molecule has 3 rings (SSSR count). The Hall–Kier alpha value is -3.75. The van der Waals surface area contributed by atoms with Gasteiger partial charge >= 0.3 is 12.1 Å². The number of ether oxygens (including phenoxy) is 2. The maximum Gasteiger partial charge on any atom is 0.419 e. The lowest BCUT2D eigenvalue weighted by Gasteiger charge is -2.24. The lowest BCUT2D eigenvalue weighted by molar-refractivity contribution is -0.144. The molecule has 1 unspecified atom stereocenters. The van der Waals surface area contributed by atoms with Gasteiger partial charge in [0, 0.05) is 10.8 Å². The Labute approximate surface area is 189 Å². The number of Topliss-reactive ketones (excluding diaryl/α,β-unsaturated/α-hetero) is 1. The number of carbonyl (C=O) groups excluding carboxylic acids is 4. The molecule has 8 nitrogen and oxygen atoms in total. The number of nitrogens with one attached hydrogen (secondary N) is 1. The van der Waals surface area contributed by atoms with Crippen molar-refractivity contribution in [2.45, 2.75) is 32.4 Å². The number of halogens is 1. The summed E-state index contributed by atoms with van der Waals surface area (Å²) in [6, 6.07) is 13.2. The van der Waals surface area contributed by atoms with Crippen molar-refractivity contribution in [3.8, 4) is 0 Å². The third-order valence-corrected chi connectivity index (χ3v) is 5.29. The average molecular weight is 456 g/mol. The molecule has 3 aromatic rings. The zero-order chi connectivity index (χ0) is 24.1. The zero-order valence-electron chi connectivity index (χ0n) is 18.5. The van der Waals surface area contributed by atoms with E-state index in [1.807, 2.05) is 24.3 Å². The van der Waals surface area contributed by atoms with Gasteiger partial charge in [0.1, 0.15) is 12.7 Å². The van der Waals surface area contributed by atoms with Crippen LogP contribution in [-0.4, -0.2) is 54.3 Å². The number of alkyl halides is 1. The minimum atomic E-state index is -1.43. The van der Waals surface area contributed by atoms with Crippen molar-refractivity contribution in [2.75, 3.05) is 13.8 Å². The Morgan fingerprint density at radius 3 is 2.00 bits per heavy atom. The Kier molecular flexibility index (Phi) is 7.42. The van der Waals surface area contributed by atoms with Gasteiger partial charge in [0.2, 0.25) is 0 Å². The van der Waals surface area contributed by atoms with E-state index in [4.69, 9.17) is 4.74 Å². The Morgan fingerprint density at radius 2 is 1.52 bits per heavy atom. The van der Waals surface area contributed by atoms with Crippen LogP contribution in [-0.2, 0) is 23.9 Å². The minimum absolute atomic E-state index is 0.471. The van der Waals surface area contributed by atoms with Crippen LogP contribution in [0.4, 0.5) is 9.18 Å². The number of esters is 1. The summed E-state index contributed by atoms with van der Waals surface area (Å²) in [5.41, 5.74) is 1.23. The van der Waals surface area contributed by atoms with Crippen LogP contribution < -0.4 is 5.32 Å². The SMILES string of the molecule is COC(=O)CC(NC(=O)[C@@H](OC(=O)n1c2ccccc2c2ccccc21)C(C)C)C(=O)CF. The van der Waals surface area contributed by atoms with Crippen LogP contribution in [0.3, 0.4) is 0 Å². The van der Waals surface area contributed by atoms with Crippen LogP contribution in [0, 0.1) is 5.92 Å². The predicted molar refractivity (Wildman–Crippen MR) is 119 cm³/mol. The van der Waals surface area contributed by atoms with E-state index in [1.165, 1.54) is 4.57 Å². The highest BCUT2D eigenvalue weighted by Crippen LogP contribution is 2.29. The number of benzene rings is 2. The van der Waals surface area contributed by atoms with E-state index >= 15 is 0 Å². The third kappa shape index (κ3) is 5.02. The van der Waals surface area contributed by atoms with Gasteiger partial charge in [-0.25, -0.2) is 13.8 Å². The number of fused-ring (bicyclic) bond motifs is 3. The van der Waals surface area contributed by atoms with Crippen LogP contribution in [0.25, 0.3) is 21.8 Å². The summed E-state index contributed by atoms with van der Waals surface area (Å²) in [6.07, 6.45) is -2.59. The third-order valence-electron chi connectivity index (χ3n) is 5.29. The Morgan fingerprint density at radius 1 is 0.970 bits per heavy atom. The van der Waals surface area contributed by atoms with Crippen molar-refractivity contribution < 1.29 is 33.0 Å². The van der Waals surface area contributed by atoms with E-state index in [2.05, 4.69) is 10.1 Å². The van der Waals surface area contributed by atoms with E-state index in [0.717, 1.165) is 17.9 Å². The van der Waals surface area contributed by atoms with Gasteiger partial charge in [0.05, 0.1) is 24.6 Å². The van der Waals surface area contributed by atoms with Crippen molar-refractivity contribution in [1.82, 2.24) is 9.88 Å². The number of carbonyl (C=O) groups is 4. The maximum absolute atomic E-state index is 13.2. The number of rotatable bonds is 8. The quantitative estimate of drug-likeness (QED) is 0.521. The second kappa shape index (κ2) is 10.2. The Bertz CT molecular complexity index is 1150. The zero-order valence-corrected chi connectivity index (χ0v) is 18.5. The highest BCUT2D eigenvalue weighted by molar-refractivity contribution is 6.12. The Balaban J connectivity index is 1.89. The van der Waals surface area contributed by atoms with Gasteiger partial charge in [-0.3, -0.25) is 14.4 Å². The summed E-state index contributed by atoms with van der Waals surface area (Å²) in [6.45, 7) is 1.96. The fourth-order valence-electron chi connectivity index (χ4n) is 3.62. The van der Waals surface area contributed by atoms with Crippen molar-refractivity contribution in [2.24, 2.45) is 5.92 Å². The van der Waals surface area contributed by atoms with Crippen LogP contribution in [0.15, 0.2) is 48.5 Å². The van der Waals surface area contributed by atoms with E-state index < -0.39 is 54.9 Å². The number of ketones is 1. The van der Waals surface area contributed by atoms with E-state index in [9.17, 15) is 23.6 Å². The largest absolute Gasteiger partial charge is 0.469 e. The van der Waals surface area contributed by atoms with Gasteiger partial charge in [-0.2, -0.15) is 0 Å². The molecule has 0 saturated carbocycles. The molecular formula is C24H25FN2O6. The first-order valence-electron chi connectivity index (χ1n) is 10.4. The molecule has 0 bridgehead atoms. The maximum atomic E-state index is 13.2. The molecule has 1 aromatic heterocycles. The molecule has 2 atom stereocenters. The van der Waals surface area contributed by atoms with Gasteiger partial charge in [-0.05, 0) is 18.1 Å². The fourth-order valence-corrected chi connectivity index (χ4v) is 3.62. The average Bonchev–Trinajstić information content (AvgIpc) is 3.15. The number of aromatic nitrogens is 1. The molecule has 0 spiro atoms. The van der Waals surface area contributed by atoms with Crippen molar-refractivity contribution in [3.63, 3.8) is 0 Å². The van der Waals surface area contributed by atoms with Crippen LogP contribution in [0.5, 0.6) is 0 Å². The van der Waals surface area contributed by atoms with Gasteiger partial charge in [0.15, 0.2) is 11.9 Å². The van der Waals surface area contributed by atoms with Crippen molar-refractivity contribution >= 4 is 45.6 Å². The second-order valence-corrected chi connectivity index (χ2v) is 7.86. The van der Waals surface area contributed by atoms with E-state index in [0.29, 0.717) is 11.0 Å². The first-order valence-corrected chi connectivity index (χ1v) is 10.4. The number of hydrogen-bond donors (Lipinski definition) is 1. The van der Waals surface area contributed by atoms with Crippen molar-refractivity contribution in [3.05, 3.63) is 48.5 Å². The van der Waals surface area contributed by atoms with Crippen LogP contribution in [0.1, 0.15) is 20.3 Å². The first kappa shape index (κ1) is 23.9. The van der Waals surface area contributed by atoms with E-state index in [1.54, 1.807) is 38.1 Å². The monoisotopic (exact) mass is 456 g/mol. The van der Waals surface area contributed by atoms with Crippen LogP contribution >= 0.6 is 0 Å². The number of para-hydroxylation sites is 2. The van der Waals surface area contributed by atoms with Crippen molar-refractivity contribution in [1.29, 1.82) is 0 Å². The molecule has 33 heavy (non-hydrogen) atoms. The lowest BCUT2D eigenvalue weighted by Crippen LogP contribution is -2.49. The summed E-state index contributed by atoms with van der Waals surface area (Å²) in [5, 5.41) is 4.02. The van der Waals surface area contributed by atoms with Gasteiger partial charge in [0.25, 0.3) is 5.91 Å². The van der Waals surface area contributed by atoms with Crippen LogP contribution in [0.2, 0.25) is 0 Å². The molecule has 1 amide bonds. The number of nitrogens with zero attached hydrogens (tertiary/aromatic N) is 1. The van der Waals surface area contributed by atoms with Gasteiger partial charge in [-0.15, -0.1) is 0 Å². The molecule has 0 aliphatic rings. The standard InChI is InChI=1S/C24H25FN2O6/c1-14(2)22(23(30)26-17(20(28)13-25)12-21(29)32-3)33-24(31)27-18-10-6-4-8-15(18)16-9-5-7-11-19(16)27/h4-11,14,17,22H,12-13H2,1-3H3,(H,26,30)/t17?,22-/m0/s1. The summed E-state index contributed by atoms with van der Waals surface area (Å²) in [7, 11) is 1.12. The molecule has 9 heteroatoms. The molecule has 2 aromatic carbocycles. The summed E-state index contributed by atoms with van der Waals surface area (Å²) < 4.78 is 24.4. The smallest absolute Gasteiger partial charge is 0.419 e. The molecule has 174 valence electrons. The highest BCUT2D eigenvalue weighted by Gasteiger charge is 2.32. The first-order chi connectivity index (χ1) is 15.8. The molecule has 0 fully saturated rings. The number of amides is 1. The molecule has 0 aliphatic carbocycles. The molecular weight excluding hydrogens is 431 g/mol. The summed E-state index contributed by atoms with van der Waals surface area (Å²) in [5.74, 6) is -3.05. The fraction of sp³-hybridized carbons (Fsp3) is 0.333. The summed E-state index contributed by atoms with van der Waals surface area (Å²) >= 11 is 0. The second-order valence-electron chi connectivity index (χ2n) is 7.86. The number of hydrogen-bond acceptors (Lipinski definition) is 6. The molecule has 1 heterocycles. The predicted octanol–water partition coefficient (Wildman–Crippen LogP) is 3.39. The van der Waals surface area contributed by atoms with Gasteiger partial charge in [-0.1, -0.05) is 50.2 Å². The number of methoxy groups -OCH3 is 1. The molecule has 1 N–H and O–H groups in total. The molecule has 0 aliphatic heterocycles. The van der Waals surface area contributed by atoms with E-state index in [-0.39, 0.29) is 0 Å². The minimum Gasteiger partial charge on any atom is -0.469 e.